The zero-order valence-corrected chi connectivity index (χ0v) is 24.0. The van der Waals surface area contributed by atoms with Crippen molar-refractivity contribution in [3.05, 3.63) is 65.2 Å². The lowest BCUT2D eigenvalue weighted by molar-refractivity contribution is -0.137. The second kappa shape index (κ2) is 14.3. The van der Waals surface area contributed by atoms with Gasteiger partial charge in [-0.1, -0.05) is 79.5 Å². The zero-order chi connectivity index (χ0) is 28.4. The minimum atomic E-state index is -1.50. The Kier molecular flexibility index (Phi) is 10.6. The standard InChI is InChI=1S/C30H39N3O6S/c1-3-4-11-24(26(34)27(35)33-39-23-9-6-5-7-10-23)31-28(36)37-19-30(16-8-17-30)20-38-29-32-25(18-40-29)22-14-12-21(2)13-15-22/h5-7,9-10,12-14,18,22,24,26,34H,3-4,8,11,15-17,19-20H2,1-2H3,(H,31,36)(H,33,35)/t22?,24-,26?/m0/s1. The lowest BCUT2D eigenvalue weighted by Crippen LogP contribution is -2.52. The molecule has 0 saturated heterocycles. The van der Waals surface area contributed by atoms with Gasteiger partial charge in [0, 0.05) is 16.7 Å². The molecule has 1 fully saturated rings. The molecule has 2 aromatic rings. The number of ether oxygens (including phenoxy) is 2. The molecule has 1 aromatic heterocycles. The van der Waals surface area contributed by atoms with Gasteiger partial charge in [0.15, 0.2) is 11.9 Å². The average Bonchev–Trinajstić information content (AvgIpc) is 3.43. The lowest BCUT2D eigenvalue weighted by atomic mass is 9.70. The maximum Gasteiger partial charge on any atom is 0.407 e. The van der Waals surface area contributed by atoms with E-state index in [1.54, 1.807) is 24.3 Å². The number of carbonyl (C=O) groups excluding carboxylic acids is 2. The van der Waals surface area contributed by atoms with E-state index in [-0.39, 0.29) is 17.9 Å². The summed E-state index contributed by atoms with van der Waals surface area (Å²) in [6.45, 7) is 4.69. The number of hydroxylamine groups is 1. The van der Waals surface area contributed by atoms with E-state index in [0.29, 0.717) is 24.0 Å². The van der Waals surface area contributed by atoms with Gasteiger partial charge >= 0.3 is 6.09 Å². The number of carbonyl (C=O) groups is 2. The van der Waals surface area contributed by atoms with E-state index in [9.17, 15) is 14.7 Å². The van der Waals surface area contributed by atoms with Crippen molar-refractivity contribution in [1.82, 2.24) is 15.8 Å². The number of nitrogens with one attached hydrogen (secondary N) is 2. The predicted octanol–water partition coefficient (Wildman–Crippen LogP) is 5.44. The number of rotatable bonds is 14. The summed E-state index contributed by atoms with van der Waals surface area (Å²) < 4.78 is 11.6. The molecule has 216 valence electrons. The quantitative estimate of drug-likeness (QED) is 0.259. The highest BCUT2D eigenvalue weighted by atomic mass is 32.1. The van der Waals surface area contributed by atoms with Crippen LogP contribution in [0.3, 0.4) is 0 Å². The molecule has 1 saturated carbocycles. The number of unbranched alkanes of at least 4 members (excludes halogenated alkanes) is 1. The van der Waals surface area contributed by atoms with Crippen molar-refractivity contribution in [2.24, 2.45) is 5.41 Å². The maximum atomic E-state index is 12.7. The Morgan fingerprint density at radius 3 is 2.70 bits per heavy atom. The van der Waals surface area contributed by atoms with Crippen LogP contribution in [-0.4, -0.2) is 47.5 Å². The van der Waals surface area contributed by atoms with Gasteiger partial charge in [0.1, 0.15) is 6.61 Å². The van der Waals surface area contributed by atoms with Gasteiger partial charge in [-0.3, -0.25) is 4.79 Å². The fourth-order valence-electron chi connectivity index (χ4n) is 4.66. The van der Waals surface area contributed by atoms with Crippen molar-refractivity contribution < 1.29 is 29.0 Å². The summed E-state index contributed by atoms with van der Waals surface area (Å²) in [5, 5.41) is 16.0. The highest BCUT2D eigenvalue weighted by molar-refractivity contribution is 7.11. The van der Waals surface area contributed by atoms with Crippen LogP contribution >= 0.6 is 11.3 Å². The first kappa shape index (κ1) is 29.6. The Morgan fingerprint density at radius 2 is 2.02 bits per heavy atom. The topological polar surface area (TPSA) is 119 Å². The van der Waals surface area contributed by atoms with Crippen molar-refractivity contribution in [1.29, 1.82) is 0 Å². The average molecular weight is 570 g/mol. The molecule has 3 atom stereocenters. The van der Waals surface area contributed by atoms with Crippen LogP contribution in [0.5, 0.6) is 10.9 Å². The van der Waals surface area contributed by atoms with Gasteiger partial charge in [0.05, 0.1) is 18.3 Å². The van der Waals surface area contributed by atoms with Crippen LogP contribution in [0.15, 0.2) is 59.5 Å². The Bertz CT molecular complexity index is 1180. The zero-order valence-electron chi connectivity index (χ0n) is 23.1. The van der Waals surface area contributed by atoms with Crippen molar-refractivity contribution >= 4 is 23.3 Å². The normalized spacial score (nSPS) is 19.0. The van der Waals surface area contributed by atoms with Gasteiger partial charge in [0.25, 0.3) is 11.1 Å². The fourth-order valence-corrected chi connectivity index (χ4v) is 5.39. The van der Waals surface area contributed by atoms with E-state index in [1.165, 1.54) is 16.9 Å². The van der Waals surface area contributed by atoms with Crippen LogP contribution < -0.4 is 20.4 Å². The van der Waals surface area contributed by atoms with E-state index in [1.807, 2.05) is 18.4 Å². The third kappa shape index (κ3) is 8.32. The maximum absolute atomic E-state index is 12.7. The van der Waals surface area contributed by atoms with E-state index >= 15 is 0 Å². The minimum Gasteiger partial charge on any atom is -0.469 e. The SMILES string of the molecule is CCCC[C@H](NC(=O)OCC1(COc2nc(C3C=CC(C)=CC3)cs2)CCC1)C(O)C(=O)NOc1ccccc1. The molecule has 40 heavy (non-hydrogen) atoms. The van der Waals surface area contributed by atoms with E-state index in [2.05, 4.69) is 40.9 Å². The molecular weight excluding hydrogens is 530 g/mol. The number of alkyl carbamates (subject to hydrolysis) is 1. The van der Waals surface area contributed by atoms with Gasteiger partial charge < -0.3 is 24.7 Å². The second-order valence-corrected chi connectivity index (χ2v) is 11.4. The number of allylic oxidation sites excluding steroid dienone is 4. The molecule has 0 radical (unpaired) electrons. The molecule has 1 heterocycles. The second-order valence-electron chi connectivity index (χ2n) is 10.6. The highest BCUT2D eigenvalue weighted by Crippen LogP contribution is 2.42. The lowest BCUT2D eigenvalue weighted by Gasteiger charge is -2.40. The van der Waals surface area contributed by atoms with Crippen LogP contribution in [0.2, 0.25) is 0 Å². The van der Waals surface area contributed by atoms with Gasteiger partial charge in [-0.05, 0) is 44.7 Å². The van der Waals surface area contributed by atoms with Crippen molar-refractivity contribution in [2.45, 2.75) is 76.9 Å². The summed E-state index contributed by atoms with van der Waals surface area (Å²) in [6.07, 6.45) is 10.1. The van der Waals surface area contributed by atoms with E-state index in [0.717, 1.165) is 44.2 Å². The molecular formula is C30H39N3O6S. The smallest absolute Gasteiger partial charge is 0.407 e. The first-order valence-electron chi connectivity index (χ1n) is 13.9. The molecule has 0 spiro atoms. The number of thiazole rings is 1. The van der Waals surface area contributed by atoms with Crippen molar-refractivity contribution in [3.63, 3.8) is 0 Å². The predicted molar refractivity (Wildman–Crippen MR) is 153 cm³/mol. The molecule has 2 aliphatic carbocycles. The monoisotopic (exact) mass is 569 g/mol. The van der Waals surface area contributed by atoms with Crippen LogP contribution in [0.25, 0.3) is 0 Å². The summed E-state index contributed by atoms with van der Waals surface area (Å²) in [5.74, 6) is -0.0441. The number of nitrogens with zero attached hydrogens (tertiary/aromatic N) is 1. The molecule has 10 heteroatoms. The van der Waals surface area contributed by atoms with Crippen molar-refractivity contribution in [3.8, 4) is 10.9 Å². The molecule has 3 N–H and O–H groups in total. The van der Waals surface area contributed by atoms with Gasteiger partial charge in [-0.2, -0.15) is 5.48 Å². The van der Waals surface area contributed by atoms with Crippen LogP contribution in [-0.2, 0) is 9.53 Å². The third-order valence-corrected chi connectivity index (χ3v) is 8.20. The number of hydrogen-bond donors (Lipinski definition) is 3. The van der Waals surface area contributed by atoms with Crippen LogP contribution in [0.4, 0.5) is 4.79 Å². The first-order chi connectivity index (χ1) is 19.4. The summed E-state index contributed by atoms with van der Waals surface area (Å²) >= 11 is 1.48. The molecule has 9 nitrogen and oxygen atoms in total. The molecule has 2 aliphatic rings. The van der Waals surface area contributed by atoms with Crippen LogP contribution in [0.1, 0.15) is 70.4 Å². The number of aromatic nitrogens is 1. The number of aliphatic hydroxyl groups excluding tert-OH is 1. The number of para-hydroxylation sites is 1. The Morgan fingerprint density at radius 1 is 1.23 bits per heavy atom. The summed E-state index contributed by atoms with van der Waals surface area (Å²) in [6, 6.07) is 7.89. The molecule has 0 bridgehead atoms. The molecule has 0 aliphatic heterocycles. The fraction of sp³-hybridized carbons (Fsp3) is 0.500. The molecule has 1 aromatic carbocycles. The Labute approximate surface area is 239 Å². The van der Waals surface area contributed by atoms with Gasteiger partial charge in [0.2, 0.25) is 0 Å². The number of benzene rings is 1. The van der Waals surface area contributed by atoms with E-state index in [4.69, 9.17) is 14.3 Å². The van der Waals surface area contributed by atoms with Crippen molar-refractivity contribution in [2.75, 3.05) is 13.2 Å². The molecule has 4 rings (SSSR count). The largest absolute Gasteiger partial charge is 0.469 e. The summed E-state index contributed by atoms with van der Waals surface area (Å²) in [7, 11) is 0. The molecule has 2 unspecified atom stereocenters. The van der Waals surface area contributed by atoms with Gasteiger partial charge in [-0.15, -0.1) is 0 Å². The molecule has 2 amide bonds. The van der Waals surface area contributed by atoms with Gasteiger partial charge in [-0.25, -0.2) is 9.78 Å². The number of amides is 2. The Balaban J connectivity index is 1.25. The minimum absolute atomic E-state index is 0.187. The van der Waals surface area contributed by atoms with Crippen LogP contribution in [0, 0.1) is 5.41 Å². The number of hydrogen-bond acceptors (Lipinski definition) is 8. The Hall–Kier alpha value is -3.37. The highest BCUT2D eigenvalue weighted by Gasteiger charge is 2.40. The first-order valence-corrected chi connectivity index (χ1v) is 14.8. The summed E-state index contributed by atoms with van der Waals surface area (Å²) in [4.78, 5) is 35.1. The van der Waals surface area contributed by atoms with E-state index < -0.39 is 24.1 Å². The summed E-state index contributed by atoms with van der Waals surface area (Å²) in [5.41, 5.74) is 4.26. The third-order valence-electron chi connectivity index (χ3n) is 7.43. The number of aliphatic hydroxyl groups is 1.